The van der Waals surface area contributed by atoms with Crippen LogP contribution in [0.3, 0.4) is 0 Å². The summed E-state index contributed by atoms with van der Waals surface area (Å²) < 4.78 is 1.29. The maximum atomic E-state index is 4.75. The van der Waals surface area contributed by atoms with Crippen LogP contribution >= 0.6 is 34.4 Å². The summed E-state index contributed by atoms with van der Waals surface area (Å²) >= 11 is 4.18. The molecule has 0 aromatic heterocycles. The second-order valence-electron chi connectivity index (χ2n) is 4.87. The number of anilines is 1. The maximum Gasteiger partial charge on any atom is 0.161 e. The molecule has 4 heteroatoms. The topological polar surface area (TPSA) is 24.4 Å². The summed E-state index contributed by atoms with van der Waals surface area (Å²) in [7, 11) is 0. The minimum absolute atomic E-state index is 0.0728. The molecule has 0 saturated carbocycles. The van der Waals surface area contributed by atoms with Crippen molar-refractivity contribution in [2.24, 2.45) is 4.99 Å². The second-order valence-corrected chi connectivity index (χ2v) is 7.11. The highest BCUT2D eigenvalue weighted by molar-refractivity contribution is 14.1. The van der Waals surface area contributed by atoms with Crippen molar-refractivity contribution in [2.45, 2.75) is 32.7 Å². The number of nitrogens with zero attached hydrogens (tertiary/aromatic N) is 1. The van der Waals surface area contributed by atoms with Crippen molar-refractivity contribution >= 4 is 45.2 Å². The van der Waals surface area contributed by atoms with E-state index in [1.807, 2.05) is 11.8 Å². The Labute approximate surface area is 121 Å². The lowest BCUT2D eigenvalue weighted by atomic mass is 10.0. The highest BCUT2D eigenvalue weighted by Crippen LogP contribution is 2.28. The standard InChI is InChI=1S/C13H17IN2S/c1-9-10(14)5-4-6-11(9)15-12-16-13(2,3)7-8-17-12/h4-6H,7-8H2,1-3H3,(H,15,16). The van der Waals surface area contributed by atoms with Crippen LogP contribution in [0.25, 0.3) is 0 Å². The van der Waals surface area contributed by atoms with Crippen molar-refractivity contribution in [1.29, 1.82) is 0 Å². The molecule has 1 aliphatic heterocycles. The predicted molar refractivity (Wildman–Crippen MR) is 86.1 cm³/mol. The molecule has 1 heterocycles. The van der Waals surface area contributed by atoms with Crippen LogP contribution in [0.5, 0.6) is 0 Å². The molecule has 0 unspecified atom stereocenters. The third kappa shape index (κ3) is 3.37. The van der Waals surface area contributed by atoms with Gasteiger partial charge in [-0.2, -0.15) is 0 Å². The quantitative estimate of drug-likeness (QED) is 0.756. The molecule has 2 rings (SSSR count). The largest absolute Gasteiger partial charge is 0.335 e. The lowest BCUT2D eigenvalue weighted by Gasteiger charge is -2.26. The zero-order valence-corrected chi connectivity index (χ0v) is 13.4. The van der Waals surface area contributed by atoms with Crippen LogP contribution in [-0.4, -0.2) is 16.5 Å². The molecule has 0 saturated heterocycles. The van der Waals surface area contributed by atoms with Gasteiger partial charge in [0.1, 0.15) is 0 Å². The average Bonchev–Trinajstić information content (AvgIpc) is 2.23. The SMILES string of the molecule is Cc1c(I)cccc1NC1=NC(C)(C)CCS1. The van der Waals surface area contributed by atoms with Crippen LogP contribution in [0.2, 0.25) is 0 Å². The Morgan fingerprint density at radius 1 is 1.41 bits per heavy atom. The van der Waals surface area contributed by atoms with E-state index in [0.29, 0.717) is 0 Å². The predicted octanol–water partition coefficient (Wildman–Crippen LogP) is 4.28. The molecular formula is C13H17IN2S. The normalized spacial score (nSPS) is 18.7. The molecule has 0 radical (unpaired) electrons. The molecule has 0 atom stereocenters. The molecule has 0 aliphatic carbocycles. The minimum atomic E-state index is 0.0728. The number of aliphatic imine (C=N–C) groups is 1. The molecule has 0 bridgehead atoms. The number of amidine groups is 1. The van der Waals surface area contributed by atoms with Crippen molar-refractivity contribution < 1.29 is 0 Å². The molecule has 0 amide bonds. The van der Waals surface area contributed by atoms with E-state index in [4.69, 9.17) is 4.99 Å². The van der Waals surface area contributed by atoms with Gasteiger partial charge in [-0.3, -0.25) is 4.99 Å². The number of hydrogen-bond acceptors (Lipinski definition) is 3. The van der Waals surface area contributed by atoms with Gasteiger partial charge in [-0.15, -0.1) is 0 Å². The van der Waals surface area contributed by atoms with Crippen LogP contribution < -0.4 is 5.32 Å². The van der Waals surface area contributed by atoms with Crippen LogP contribution in [0.15, 0.2) is 23.2 Å². The Hall–Kier alpha value is -0.230. The van der Waals surface area contributed by atoms with Gasteiger partial charge >= 0.3 is 0 Å². The minimum Gasteiger partial charge on any atom is -0.335 e. The number of hydrogen-bond donors (Lipinski definition) is 1. The van der Waals surface area contributed by atoms with E-state index in [1.165, 1.54) is 14.8 Å². The van der Waals surface area contributed by atoms with E-state index in [9.17, 15) is 0 Å². The third-order valence-electron chi connectivity index (χ3n) is 2.87. The van der Waals surface area contributed by atoms with E-state index < -0.39 is 0 Å². The fourth-order valence-electron chi connectivity index (χ4n) is 1.68. The van der Waals surface area contributed by atoms with Crippen LogP contribution in [0.1, 0.15) is 25.8 Å². The van der Waals surface area contributed by atoms with Gasteiger partial charge in [0.2, 0.25) is 0 Å². The van der Waals surface area contributed by atoms with Crippen molar-refractivity contribution in [3.05, 3.63) is 27.3 Å². The number of benzene rings is 1. The van der Waals surface area contributed by atoms with Gasteiger partial charge in [0, 0.05) is 15.0 Å². The first kappa shape index (κ1) is 13.2. The molecule has 1 aromatic rings. The summed E-state index contributed by atoms with van der Waals surface area (Å²) in [4.78, 5) is 4.75. The van der Waals surface area contributed by atoms with Gasteiger partial charge in [0.15, 0.2) is 5.17 Å². The van der Waals surface area contributed by atoms with E-state index in [1.54, 1.807) is 0 Å². The van der Waals surface area contributed by atoms with E-state index >= 15 is 0 Å². The number of rotatable bonds is 1. The molecular weight excluding hydrogens is 343 g/mol. The Morgan fingerprint density at radius 3 is 2.88 bits per heavy atom. The maximum absolute atomic E-state index is 4.75. The molecule has 2 nitrogen and oxygen atoms in total. The van der Waals surface area contributed by atoms with Gasteiger partial charge in [0.05, 0.1) is 5.54 Å². The van der Waals surface area contributed by atoms with Gasteiger partial charge in [0.25, 0.3) is 0 Å². The van der Waals surface area contributed by atoms with Crippen molar-refractivity contribution in [3.8, 4) is 0 Å². The molecule has 92 valence electrons. The fraction of sp³-hybridized carbons (Fsp3) is 0.462. The average molecular weight is 360 g/mol. The first-order valence-electron chi connectivity index (χ1n) is 5.73. The van der Waals surface area contributed by atoms with Gasteiger partial charge in [-0.05, 0) is 67.5 Å². The summed E-state index contributed by atoms with van der Waals surface area (Å²) in [6.45, 7) is 6.52. The second kappa shape index (κ2) is 5.18. The first-order chi connectivity index (χ1) is 7.98. The number of nitrogens with one attached hydrogen (secondary N) is 1. The summed E-state index contributed by atoms with van der Waals surface area (Å²) in [5.41, 5.74) is 2.53. The Kier molecular flexibility index (Phi) is 4.02. The number of halogens is 1. The zero-order chi connectivity index (χ0) is 12.5. The first-order valence-corrected chi connectivity index (χ1v) is 7.79. The summed E-state index contributed by atoms with van der Waals surface area (Å²) in [5, 5.41) is 4.50. The van der Waals surface area contributed by atoms with E-state index in [2.05, 4.69) is 66.9 Å². The molecule has 0 spiro atoms. The Morgan fingerprint density at radius 2 is 2.18 bits per heavy atom. The summed E-state index contributed by atoms with van der Waals surface area (Å²) in [5.74, 6) is 1.14. The Balaban J connectivity index is 2.21. The molecule has 17 heavy (non-hydrogen) atoms. The van der Waals surface area contributed by atoms with Gasteiger partial charge < -0.3 is 5.32 Å². The lowest BCUT2D eigenvalue weighted by Crippen LogP contribution is -2.27. The highest BCUT2D eigenvalue weighted by Gasteiger charge is 2.22. The molecule has 1 aliphatic rings. The third-order valence-corrected chi connectivity index (χ3v) is 4.91. The van der Waals surface area contributed by atoms with Crippen molar-refractivity contribution in [3.63, 3.8) is 0 Å². The van der Waals surface area contributed by atoms with Crippen molar-refractivity contribution in [1.82, 2.24) is 0 Å². The molecule has 1 N–H and O–H groups in total. The monoisotopic (exact) mass is 360 g/mol. The molecule has 1 aromatic carbocycles. The summed E-state index contributed by atoms with van der Waals surface area (Å²) in [6, 6.07) is 6.32. The van der Waals surface area contributed by atoms with Gasteiger partial charge in [-0.25, -0.2) is 0 Å². The van der Waals surface area contributed by atoms with Crippen LogP contribution in [0, 0.1) is 10.5 Å². The Bertz CT molecular complexity index is 455. The van der Waals surface area contributed by atoms with E-state index in [-0.39, 0.29) is 5.54 Å². The highest BCUT2D eigenvalue weighted by atomic mass is 127. The lowest BCUT2D eigenvalue weighted by molar-refractivity contribution is 0.507. The van der Waals surface area contributed by atoms with Crippen LogP contribution in [-0.2, 0) is 0 Å². The smallest absolute Gasteiger partial charge is 0.161 e. The zero-order valence-electron chi connectivity index (χ0n) is 10.4. The van der Waals surface area contributed by atoms with Gasteiger partial charge in [-0.1, -0.05) is 17.8 Å². The number of thioether (sulfide) groups is 1. The van der Waals surface area contributed by atoms with E-state index in [0.717, 1.165) is 17.3 Å². The molecule has 0 fully saturated rings. The van der Waals surface area contributed by atoms with Crippen molar-refractivity contribution in [2.75, 3.05) is 11.1 Å². The fourth-order valence-corrected chi connectivity index (χ4v) is 3.47. The summed E-state index contributed by atoms with van der Waals surface area (Å²) in [6.07, 6.45) is 1.15. The van der Waals surface area contributed by atoms with Crippen LogP contribution in [0.4, 0.5) is 5.69 Å².